The van der Waals surface area contributed by atoms with Crippen molar-refractivity contribution in [2.45, 2.75) is 20.4 Å². The highest BCUT2D eigenvalue weighted by molar-refractivity contribution is 9.10. The average Bonchev–Trinajstić information content (AvgIpc) is 2.61. The fourth-order valence-electron chi connectivity index (χ4n) is 2.47. The van der Waals surface area contributed by atoms with E-state index in [2.05, 4.69) is 15.9 Å². The van der Waals surface area contributed by atoms with E-state index in [1.54, 1.807) is 17.6 Å². The molecule has 0 amide bonds. The first-order valence-corrected chi connectivity index (χ1v) is 6.75. The summed E-state index contributed by atoms with van der Waals surface area (Å²) in [5.74, 6) is -1.42. The monoisotopic (exact) mass is 339 g/mol. The maximum Gasteiger partial charge on any atom is 0.340 e. The molecule has 106 valence electrons. The number of carbonyl (C=O) groups excluding carboxylic acids is 1. The number of carbonyl (C=O) groups is 2. The number of benzene rings is 1. The molecule has 0 unspecified atom stereocenters. The molecule has 0 radical (unpaired) electrons. The minimum absolute atomic E-state index is 0.193. The zero-order chi connectivity index (χ0) is 15.0. The van der Waals surface area contributed by atoms with E-state index in [1.165, 1.54) is 7.11 Å². The highest BCUT2D eigenvalue weighted by Crippen LogP contribution is 2.31. The van der Waals surface area contributed by atoms with E-state index in [1.807, 2.05) is 13.0 Å². The van der Waals surface area contributed by atoms with E-state index in [0.717, 1.165) is 15.6 Å². The van der Waals surface area contributed by atoms with Gasteiger partial charge >= 0.3 is 11.9 Å². The van der Waals surface area contributed by atoms with Crippen molar-refractivity contribution in [2.24, 2.45) is 0 Å². The third-order valence-electron chi connectivity index (χ3n) is 3.25. The van der Waals surface area contributed by atoms with Crippen LogP contribution >= 0.6 is 15.9 Å². The van der Waals surface area contributed by atoms with E-state index in [4.69, 9.17) is 9.84 Å². The van der Waals surface area contributed by atoms with Crippen LogP contribution in [0.3, 0.4) is 0 Å². The highest BCUT2D eigenvalue weighted by atomic mass is 79.9. The van der Waals surface area contributed by atoms with Gasteiger partial charge in [0.15, 0.2) is 0 Å². The number of fused-ring (bicyclic) bond motifs is 1. The number of aromatic nitrogens is 1. The average molecular weight is 340 g/mol. The van der Waals surface area contributed by atoms with Gasteiger partial charge in [0, 0.05) is 15.6 Å². The lowest BCUT2D eigenvalue weighted by atomic mass is 10.1. The zero-order valence-electron chi connectivity index (χ0n) is 11.4. The van der Waals surface area contributed by atoms with E-state index < -0.39 is 11.9 Å². The van der Waals surface area contributed by atoms with Crippen molar-refractivity contribution in [2.75, 3.05) is 7.11 Å². The second-order valence-corrected chi connectivity index (χ2v) is 5.47. The zero-order valence-corrected chi connectivity index (χ0v) is 12.9. The van der Waals surface area contributed by atoms with Crippen LogP contribution in [0.15, 0.2) is 16.6 Å². The Kier molecular flexibility index (Phi) is 3.85. The molecule has 1 N–H and O–H groups in total. The molecule has 20 heavy (non-hydrogen) atoms. The van der Waals surface area contributed by atoms with Gasteiger partial charge < -0.3 is 14.4 Å². The van der Waals surface area contributed by atoms with Crippen LogP contribution in [0.4, 0.5) is 0 Å². The van der Waals surface area contributed by atoms with Gasteiger partial charge in [-0.2, -0.15) is 0 Å². The van der Waals surface area contributed by atoms with Crippen molar-refractivity contribution < 1.29 is 19.4 Å². The maximum atomic E-state index is 12.0. The van der Waals surface area contributed by atoms with Crippen LogP contribution in [-0.2, 0) is 16.1 Å². The van der Waals surface area contributed by atoms with Crippen LogP contribution in [0.25, 0.3) is 10.9 Å². The van der Waals surface area contributed by atoms with Gasteiger partial charge in [0.1, 0.15) is 6.54 Å². The Hall–Kier alpha value is -1.82. The third kappa shape index (κ3) is 2.31. The van der Waals surface area contributed by atoms with Gasteiger partial charge in [-0.25, -0.2) is 4.79 Å². The molecule has 0 aliphatic carbocycles. The lowest BCUT2D eigenvalue weighted by molar-refractivity contribution is -0.137. The molecule has 1 heterocycles. The number of nitrogens with zero attached hydrogens (tertiary/aromatic N) is 1. The molecule has 1 aromatic carbocycles. The fourth-order valence-corrected chi connectivity index (χ4v) is 3.05. The molecule has 0 saturated carbocycles. The largest absolute Gasteiger partial charge is 0.480 e. The van der Waals surface area contributed by atoms with Crippen LogP contribution in [0.1, 0.15) is 21.6 Å². The molecule has 0 fully saturated rings. The van der Waals surface area contributed by atoms with Crippen molar-refractivity contribution in [1.29, 1.82) is 0 Å². The number of halogens is 1. The minimum Gasteiger partial charge on any atom is -0.480 e. The Morgan fingerprint density at radius 3 is 2.55 bits per heavy atom. The Labute approximate surface area is 124 Å². The summed E-state index contributed by atoms with van der Waals surface area (Å²) >= 11 is 3.40. The topological polar surface area (TPSA) is 68.5 Å². The first-order chi connectivity index (χ1) is 9.36. The molecule has 0 aliphatic rings. The lowest BCUT2D eigenvalue weighted by Crippen LogP contribution is -2.11. The Morgan fingerprint density at radius 1 is 1.35 bits per heavy atom. The van der Waals surface area contributed by atoms with Gasteiger partial charge in [-0.3, -0.25) is 4.79 Å². The number of rotatable bonds is 3. The smallest absolute Gasteiger partial charge is 0.340 e. The predicted molar refractivity (Wildman–Crippen MR) is 78.1 cm³/mol. The fraction of sp³-hybridized carbons (Fsp3) is 0.286. The summed E-state index contributed by atoms with van der Waals surface area (Å²) in [4.78, 5) is 23.0. The number of carboxylic acid groups (broad SMARTS) is 1. The van der Waals surface area contributed by atoms with Crippen molar-refractivity contribution in [3.63, 3.8) is 0 Å². The van der Waals surface area contributed by atoms with Gasteiger partial charge in [0.25, 0.3) is 0 Å². The van der Waals surface area contributed by atoms with Crippen LogP contribution < -0.4 is 0 Å². The van der Waals surface area contributed by atoms with Crippen LogP contribution in [0, 0.1) is 13.8 Å². The molecule has 2 rings (SSSR count). The van der Waals surface area contributed by atoms with Crippen LogP contribution in [0.5, 0.6) is 0 Å². The van der Waals surface area contributed by atoms with E-state index in [0.29, 0.717) is 16.6 Å². The first-order valence-electron chi connectivity index (χ1n) is 5.95. The van der Waals surface area contributed by atoms with Gasteiger partial charge in [0.05, 0.1) is 18.2 Å². The van der Waals surface area contributed by atoms with Gasteiger partial charge in [-0.05, 0) is 31.5 Å². The number of aryl methyl sites for hydroxylation is 1. The van der Waals surface area contributed by atoms with Gasteiger partial charge in [0.2, 0.25) is 0 Å². The standard InChI is InChI=1S/C14H14BrNO4/c1-7-4-9(15)5-10-12(14(19)20-3)8(2)16(13(7)10)6-11(17)18/h4-5H,6H2,1-3H3,(H,17,18). The molecule has 5 nitrogen and oxygen atoms in total. The van der Waals surface area contributed by atoms with Gasteiger partial charge in [-0.15, -0.1) is 0 Å². The molecule has 0 saturated heterocycles. The lowest BCUT2D eigenvalue weighted by Gasteiger charge is -2.07. The van der Waals surface area contributed by atoms with E-state index in [9.17, 15) is 9.59 Å². The van der Waals surface area contributed by atoms with Gasteiger partial charge in [-0.1, -0.05) is 15.9 Å². The highest BCUT2D eigenvalue weighted by Gasteiger charge is 2.23. The van der Waals surface area contributed by atoms with E-state index >= 15 is 0 Å². The number of hydrogen-bond acceptors (Lipinski definition) is 3. The molecule has 2 aromatic rings. The summed E-state index contributed by atoms with van der Waals surface area (Å²) in [6.07, 6.45) is 0. The molecule has 0 spiro atoms. The number of methoxy groups -OCH3 is 1. The first kappa shape index (κ1) is 14.6. The summed E-state index contributed by atoms with van der Waals surface area (Å²) in [6, 6.07) is 3.70. The Balaban J connectivity index is 2.89. The molecule has 6 heteroatoms. The summed E-state index contributed by atoms with van der Waals surface area (Å²) in [5.41, 5.74) is 2.64. The number of hydrogen-bond donors (Lipinski definition) is 1. The van der Waals surface area contributed by atoms with E-state index in [-0.39, 0.29) is 6.54 Å². The molecule has 0 aliphatic heterocycles. The summed E-state index contributed by atoms with van der Waals surface area (Å²) < 4.78 is 7.27. The molecule has 1 aromatic heterocycles. The molecule has 0 atom stereocenters. The number of aliphatic carboxylic acids is 1. The minimum atomic E-state index is -0.955. The molecular weight excluding hydrogens is 326 g/mol. The normalized spacial score (nSPS) is 10.8. The number of carboxylic acids is 1. The summed E-state index contributed by atoms with van der Waals surface area (Å²) in [7, 11) is 1.31. The van der Waals surface area contributed by atoms with Crippen molar-refractivity contribution in [1.82, 2.24) is 4.57 Å². The number of ether oxygens (including phenoxy) is 1. The predicted octanol–water partition coefficient (Wildman–Crippen LogP) is 2.89. The molecule has 0 bridgehead atoms. The Morgan fingerprint density at radius 2 is 2.00 bits per heavy atom. The summed E-state index contributed by atoms with van der Waals surface area (Å²) in [6.45, 7) is 3.41. The maximum absolute atomic E-state index is 12.0. The third-order valence-corrected chi connectivity index (χ3v) is 3.71. The number of esters is 1. The van der Waals surface area contributed by atoms with Crippen LogP contribution in [0.2, 0.25) is 0 Å². The molecular formula is C14H14BrNO4. The Bertz CT molecular complexity index is 718. The van der Waals surface area contributed by atoms with Crippen molar-refractivity contribution in [3.8, 4) is 0 Å². The van der Waals surface area contributed by atoms with Crippen molar-refractivity contribution >= 4 is 38.8 Å². The van der Waals surface area contributed by atoms with Crippen molar-refractivity contribution in [3.05, 3.63) is 33.4 Å². The van der Waals surface area contributed by atoms with Crippen LogP contribution in [-0.4, -0.2) is 28.7 Å². The quantitative estimate of drug-likeness (QED) is 0.873. The summed E-state index contributed by atoms with van der Waals surface area (Å²) in [5, 5.41) is 9.75. The second-order valence-electron chi connectivity index (χ2n) is 4.55. The second kappa shape index (κ2) is 5.28. The SMILES string of the molecule is COC(=O)c1c(C)n(CC(=O)O)c2c(C)cc(Br)cc12.